The monoisotopic (exact) mass is 661 g/mol. The second-order valence-electron chi connectivity index (χ2n) is 11.0. The van der Waals surface area contributed by atoms with Crippen LogP contribution in [0.5, 0.6) is 0 Å². The van der Waals surface area contributed by atoms with Gasteiger partial charge in [-0.1, -0.05) is 61.9 Å². The Labute approximate surface area is 280 Å². The van der Waals surface area contributed by atoms with Gasteiger partial charge in [0.15, 0.2) is 0 Å². The van der Waals surface area contributed by atoms with Crippen LogP contribution in [0.1, 0.15) is 36.8 Å². The Morgan fingerprint density at radius 2 is 0.915 bits per heavy atom. The Hall–Kier alpha value is -2.61. The molecule has 1 amide bonds. The summed E-state index contributed by atoms with van der Waals surface area (Å²) in [7, 11) is 1.72. The zero-order chi connectivity index (χ0) is 33.2. The molecule has 1 aliphatic rings. The van der Waals surface area contributed by atoms with Crippen LogP contribution in [0, 0.1) is 0 Å². The lowest BCUT2D eigenvalue weighted by Crippen LogP contribution is -2.32. The van der Waals surface area contributed by atoms with E-state index in [4.69, 9.17) is 42.6 Å². The van der Waals surface area contributed by atoms with Gasteiger partial charge in [0.1, 0.15) is 6.61 Å². The zero-order valence-corrected chi connectivity index (χ0v) is 28.4. The molecule has 0 saturated heterocycles. The fraction of sp³-hybridized carbons (Fsp3) is 0.639. The summed E-state index contributed by atoms with van der Waals surface area (Å²) in [5, 5.41) is 0. The molecule has 0 atom stereocenters. The molecule has 0 saturated carbocycles. The SMILES string of the molecule is CCCCOCCOCCOCCOCCOCCOCCOCCOCCN(C)C(=O)OCC1c2ccccc2-c2ccccc21. The van der Waals surface area contributed by atoms with Crippen molar-refractivity contribution < 1.29 is 47.4 Å². The van der Waals surface area contributed by atoms with Crippen molar-refractivity contribution >= 4 is 6.09 Å². The van der Waals surface area contributed by atoms with E-state index in [0.29, 0.717) is 112 Å². The highest BCUT2D eigenvalue weighted by Gasteiger charge is 2.29. The summed E-state index contributed by atoms with van der Waals surface area (Å²) in [5.41, 5.74) is 4.81. The van der Waals surface area contributed by atoms with E-state index in [2.05, 4.69) is 31.2 Å². The van der Waals surface area contributed by atoms with Gasteiger partial charge < -0.3 is 47.5 Å². The minimum absolute atomic E-state index is 0.0446. The minimum Gasteiger partial charge on any atom is -0.448 e. The molecule has 1 aliphatic carbocycles. The van der Waals surface area contributed by atoms with E-state index < -0.39 is 0 Å². The quantitative estimate of drug-likeness (QED) is 0.113. The van der Waals surface area contributed by atoms with Crippen LogP contribution < -0.4 is 0 Å². The average Bonchev–Trinajstić information content (AvgIpc) is 3.42. The normalized spacial score (nSPS) is 12.3. The molecule has 0 unspecified atom stereocenters. The van der Waals surface area contributed by atoms with Crippen LogP contribution in [0.3, 0.4) is 0 Å². The number of likely N-dealkylation sites (N-methyl/N-ethyl adjacent to an activating group) is 1. The number of carbonyl (C=O) groups is 1. The van der Waals surface area contributed by atoms with Crippen molar-refractivity contribution in [1.82, 2.24) is 4.90 Å². The molecular weight excluding hydrogens is 606 g/mol. The molecule has 47 heavy (non-hydrogen) atoms. The number of hydrogen-bond acceptors (Lipinski definition) is 10. The maximum absolute atomic E-state index is 12.6. The molecule has 264 valence electrons. The predicted octanol–water partition coefficient (Wildman–Crippen LogP) is 4.80. The summed E-state index contributed by atoms with van der Waals surface area (Å²) in [4.78, 5) is 14.1. The van der Waals surface area contributed by atoms with Crippen LogP contribution in [0.2, 0.25) is 0 Å². The van der Waals surface area contributed by atoms with Gasteiger partial charge in [0.25, 0.3) is 0 Å². The Morgan fingerprint density at radius 3 is 1.32 bits per heavy atom. The second-order valence-corrected chi connectivity index (χ2v) is 11.0. The van der Waals surface area contributed by atoms with Crippen molar-refractivity contribution in [3.63, 3.8) is 0 Å². The number of hydrogen-bond donors (Lipinski definition) is 0. The largest absolute Gasteiger partial charge is 0.448 e. The van der Waals surface area contributed by atoms with Gasteiger partial charge in [0, 0.05) is 26.1 Å². The van der Waals surface area contributed by atoms with Crippen molar-refractivity contribution in [1.29, 1.82) is 0 Å². The van der Waals surface area contributed by atoms with Crippen LogP contribution >= 0.6 is 0 Å². The van der Waals surface area contributed by atoms with E-state index >= 15 is 0 Å². The van der Waals surface area contributed by atoms with Crippen LogP contribution in [0.15, 0.2) is 48.5 Å². The van der Waals surface area contributed by atoms with Gasteiger partial charge >= 0.3 is 6.09 Å². The molecule has 11 nitrogen and oxygen atoms in total. The third-order valence-corrected chi connectivity index (χ3v) is 7.47. The standard InChI is InChI=1S/C36H55NO10/c1-3-4-14-39-16-18-41-20-22-43-24-26-45-28-29-46-27-25-44-23-21-42-19-17-40-15-13-37(2)36(38)47-30-35-33-11-7-5-9-31(33)32-10-6-8-12-34(32)35/h5-12,35H,3-4,13-30H2,1-2H3. The third kappa shape index (κ3) is 15.9. The van der Waals surface area contributed by atoms with E-state index in [9.17, 15) is 4.79 Å². The maximum atomic E-state index is 12.6. The maximum Gasteiger partial charge on any atom is 0.409 e. The number of unbranched alkanes of at least 4 members (excludes halogenated alkanes) is 1. The van der Waals surface area contributed by atoms with Crippen LogP contribution in [0.4, 0.5) is 4.79 Å². The molecule has 0 heterocycles. The Kier molecular flexibility index (Phi) is 21.0. The first-order chi connectivity index (χ1) is 23.2. The fourth-order valence-electron chi connectivity index (χ4n) is 4.88. The number of nitrogens with zero attached hydrogens (tertiary/aromatic N) is 1. The summed E-state index contributed by atoms with van der Waals surface area (Å²) < 4.78 is 49.7. The number of rotatable bonds is 29. The van der Waals surface area contributed by atoms with Crippen LogP contribution in [-0.2, 0) is 42.6 Å². The highest BCUT2D eigenvalue weighted by Crippen LogP contribution is 2.44. The first-order valence-corrected chi connectivity index (χ1v) is 16.9. The molecule has 11 heteroatoms. The molecule has 0 radical (unpaired) electrons. The van der Waals surface area contributed by atoms with Crippen molar-refractivity contribution in [3.8, 4) is 11.1 Å². The zero-order valence-electron chi connectivity index (χ0n) is 28.4. The molecule has 0 aliphatic heterocycles. The predicted molar refractivity (Wildman–Crippen MR) is 179 cm³/mol. The topological polar surface area (TPSA) is 103 Å². The summed E-state index contributed by atoms with van der Waals surface area (Å²) in [6.45, 7) is 11.3. The molecule has 0 spiro atoms. The lowest BCUT2D eigenvalue weighted by molar-refractivity contribution is -0.0234. The van der Waals surface area contributed by atoms with Gasteiger partial charge in [0.05, 0.1) is 99.1 Å². The highest BCUT2D eigenvalue weighted by atomic mass is 16.6. The molecule has 0 N–H and O–H groups in total. The van der Waals surface area contributed by atoms with Crippen LogP contribution in [-0.4, -0.2) is 137 Å². The lowest BCUT2D eigenvalue weighted by atomic mass is 9.98. The number of carbonyl (C=O) groups excluding carboxylic acids is 1. The molecule has 0 aromatic heterocycles. The average molecular weight is 662 g/mol. The van der Waals surface area contributed by atoms with Gasteiger partial charge in [-0.25, -0.2) is 4.79 Å². The third-order valence-electron chi connectivity index (χ3n) is 7.47. The summed E-state index contributed by atoms with van der Waals surface area (Å²) in [6.07, 6.45) is 1.87. The molecule has 2 aromatic carbocycles. The van der Waals surface area contributed by atoms with E-state index in [-0.39, 0.29) is 12.0 Å². The second kappa shape index (κ2) is 25.4. The van der Waals surface area contributed by atoms with Gasteiger partial charge in [-0.05, 0) is 28.7 Å². The summed E-state index contributed by atoms with van der Waals surface area (Å²) in [5.74, 6) is 0.0446. The smallest absolute Gasteiger partial charge is 0.409 e. The first-order valence-electron chi connectivity index (χ1n) is 16.9. The van der Waals surface area contributed by atoms with E-state index in [0.717, 1.165) is 19.4 Å². The first kappa shape index (κ1) is 38.8. The van der Waals surface area contributed by atoms with Gasteiger partial charge in [-0.15, -0.1) is 0 Å². The Morgan fingerprint density at radius 1 is 0.553 bits per heavy atom. The number of amides is 1. The number of fused-ring (bicyclic) bond motifs is 3. The van der Waals surface area contributed by atoms with Crippen molar-refractivity contribution in [2.45, 2.75) is 25.7 Å². The van der Waals surface area contributed by atoms with E-state index in [1.54, 1.807) is 7.05 Å². The molecule has 2 aromatic rings. The van der Waals surface area contributed by atoms with Crippen molar-refractivity contribution in [2.75, 3.05) is 126 Å². The Bertz CT molecular complexity index is 1040. The number of ether oxygens (including phenoxy) is 9. The highest BCUT2D eigenvalue weighted by molar-refractivity contribution is 5.79. The van der Waals surface area contributed by atoms with Crippen LogP contribution in [0.25, 0.3) is 11.1 Å². The van der Waals surface area contributed by atoms with Gasteiger partial charge in [0.2, 0.25) is 0 Å². The molecule has 3 rings (SSSR count). The van der Waals surface area contributed by atoms with Crippen molar-refractivity contribution in [2.24, 2.45) is 0 Å². The van der Waals surface area contributed by atoms with E-state index in [1.807, 2.05) is 24.3 Å². The minimum atomic E-state index is -0.359. The van der Waals surface area contributed by atoms with Gasteiger partial charge in [-0.3, -0.25) is 0 Å². The number of benzene rings is 2. The summed E-state index contributed by atoms with van der Waals surface area (Å²) >= 11 is 0. The summed E-state index contributed by atoms with van der Waals surface area (Å²) in [6, 6.07) is 16.6. The molecular formula is C36H55NO10. The molecule has 0 bridgehead atoms. The van der Waals surface area contributed by atoms with E-state index in [1.165, 1.54) is 27.2 Å². The Balaban J connectivity index is 1.03. The fourth-order valence-corrected chi connectivity index (χ4v) is 4.88. The van der Waals surface area contributed by atoms with Gasteiger partial charge in [-0.2, -0.15) is 0 Å². The molecule has 0 fully saturated rings. The lowest BCUT2D eigenvalue weighted by Gasteiger charge is -2.19. The van der Waals surface area contributed by atoms with Crippen molar-refractivity contribution in [3.05, 3.63) is 59.7 Å².